The molecule has 0 fully saturated rings. The van der Waals surface area contributed by atoms with Gasteiger partial charge in [-0.1, -0.05) is 28.1 Å². The summed E-state index contributed by atoms with van der Waals surface area (Å²) in [5.74, 6) is -0.104. The van der Waals surface area contributed by atoms with Crippen LogP contribution in [-0.2, 0) is 6.42 Å². The summed E-state index contributed by atoms with van der Waals surface area (Å²) in [5.41, 5.74) is 3.13. The molecule has 2 aromatic carbocycles. The lowest BCUT2D eigenvalue weighted by molar-refractivity contribution is 0.0940. The second kappa shape index (κ2) is 6.32. The van der Waals surface area contributed by atoms with Crippen LogP contribution in [0.15, 0.2) is 57.7 Å². The zero-order valence-corrected chi connectivity index (χ0v) is 13.6. The summed E-state index contributed by atoms with van der Waals surface area (Å²) in [6, 6.07) is 13.4. The summed E-state index contributed by atoms with van der Waals surface area (Å²) in [6.45, 7) is 1.99. The second-order valence-electron chi connectivity index (χ2n) is 5.24. The Hall–Kier alpha value is -2.14. The molecule has 5 heteroatoms. The molecular formula is C17H15BrN2O2. The van der Waals surface area contributed by atoms with Gasteiger partial charge in [-0.2, -0.15) is 0 Å². The number of halogens is 1. The topological polar surface area (TPSA) is 55.1 Å². The highest BCUT2D eigenvalue weighted by molar-refractivity contribution is 9.10. The van der Waals surface area contributed by atoms with Gasteiger partial charge in [0.1, 0.15) is 5.52 Å². The number of carbonyl (C=O) groups excluding carboxylic acids is 1. The van der Waals surface area contributed by atoms with Crippen LogP contribution >= 0.6 is 15.9 Å². The summed E-state index contributed by atoms with van der Waals surface area (Å²) >= 11 is 3.46. The molecule has 0 aliphatic carbocycles. The summed E-state index contributed by atoms with van der Waals surface area (Å²) in [5, 5.41) is 3.01. The first-order valence-electron chi connectivity index (χ1n) is 7.00. The van der Waals surface area contributed by atoms with Crippen molar-refractivity contribution >= 4 is 32.9 Å². The van der Waals surface area contributed by atoms with Gasteiger partial charge >= 0.3 is 0 Å². The Kier molecular flexibility index (Phi) is 4.24. The molecule has 1 N–H and O–H groups in total. The zero-order valence-electron chi connectivity index (χ0n) is 12.0. The van der Waals surface area contributed by atoms with Crippen molar-refractivity contribution < 1.29 is 9.21 Å². The van der Waals surface area contributed by atoms with Gasteiger partial charge in [-0.05, 0) is 49.2 Å². The van der Waals surface area contributed by atoms with E-state index in [0.717, 1.165) is 10.9 Å². The maximum absolute atomic E-state index is 12.3. The van der Waals surface area contributed by atoms with Crippen molar-refractivity contribution in [2.45, 2.75) is 19.4 Å². The third-order valence-corrected chi connectivity index (χ3v) is 3.89. The van der Waals surface area contributed by atoms with Gasteiger partial charge in [-0.3, -0.25) is 4.79 Å². The number of amides is 1. The van der Waals surface area contributed by atoms with Gasteiger partial charge in [0.2, 0.25) is 0 Å². The average Bonchev–Trinajstić information content (AvgIpc) is 2.94. The van der Waals surface area contributed by atoms with E-state index in [-0.39, 0.29) is 11.9 Å². The zero-order chi connectivity index (χ0) is 15.5. The molecule has 0 saturated carbocycles. The highest BCUT2D eigenvalue weighted by Gasteiger charge is 2.12. The summed E-state index contributed by atoms with van der Waals surface area (Å²) in [6.07, 6.45) is 2.15. The predicted molar refractivity (Wildman–Crippen MR) is 88.8 cm³/mol. The van der Waals surface area contributed by atoms with Crippen molar-refractivity contribution in [3.63, 3.8) is 0 Å². The number of fused-ring (bicyclic) bond motifs is 1. The van der Waals surface area contributed by atoms with Gasteiger partial charge < -0.3 is 9.73 Å². The van der Waals surface area contributed by atoms with Crippen molar-refractivity contribution in [2.24, 2.45) is 0 Å². The van der Waals surface area contributed by atoms with Crippen molar-refractivity contribution in [3.8, 4) is 0 Å². The number of rotatable bonds is 4. The smallest absolute Gasteiger partial charge is 0.251 e. The number of aromatic nitrogens is 1. The normalized spacial score (nSPS) is 12.3. The molecule has 0 bridgehead atoms. The van der Waals surface area contributed by atoms with E-state index in [4.69, 9.17) is 4.42 Å². The Morgan fingerprint density at radius 1 is 1.32 bits per heavy atom. The number of hydrogen-bond acceptors (Lipinski definition) is 3. The molecule has 1 unspecified atom stereocenters. The molecule has 0 saturated heterocycles. The average molecular weight is 359 g/mol. The molecule has 3 rings (SSSR count). The van der Waals surface area contributed by atoms with Crippen LogP contribution in [0.3, 0.4) is 0 Å². The van der Waals surface area contributed by atoms with Crippen LogP contribution in [-0.4, -0.2) is 16.9 Å². The van der Waals surface area contributed by atoms with Gasteiger partial charge in [0.15, 0.2) is 12.0 Å². The van der Waals surface area contributed by atoms with Gasteiger partial charge in [0, 0.05) is 16.1 Å². The van der Waals surface area contributed by atoms with Crippen molar-refractivity contribution in [1.82, 2.24) is 10.3 Å². The Bertz CT molecular complexity index is 813. The first-order chi connectivity index (χ1) is 10.6. The number of nitrogens with zero attached hydrogens (tertiary/aromatic N) is 1. The molecule has 0 aliphatic rings. The Morgan fingerprint density at radius 3 is 3.00 bits per heavy atom. The SMILES string of the molecule is CC(Cc1cccc(Br)c1)NC(=O)c1ccc2ocnc2c1. The minimum absolute atomic E-state index is 0.0369. The Labute approximate surface area is 136 Å². The van der Waals surface area contributed by atoms with Gasteiger partial charge in [0.25, 0.3) is 5.91 Å². The van der Waals surface area contributed by atoms with Crippen LogP contribution in [0, 0.1) is 0 Å². The van der Waals surface area contributed by atoms with Crippen molar-refractivity contribution in [3.05, 3.63) is 64.5 Å². The van der Waals surface area contributed by atoms with E-state index in [1.165, 1.54) is 12.0 Å². The van der Waals surface area contributed by atoms with Crippen LogP contribution < -0.4 is 5.32 Å². The maximum atomic E-state index is 12.3. The predicted octanol–water partition coefficient (Wildman–Crippen LogP) is 3.95. The molecule has 0 spiro atoms. The fraction of sp³-hybridized carbons (Fsp3) is 0.176. The molecule has 0 radical (unpaired) electrons. The Morgan fingerprint density at radius 2 is 2.18 bits per heavy atom. The maximum Gasteiger partial charge on any atom is 0.251 e. The highest BCUT2D eigenvalue weighted by atomic mass is 79.9. The standard InChI is InChI=1S/C17H15BrN2O2/c1-11(7-12-3-2-4-14(18)8-12)20-17(21)13-5-6-16-15(9-13)19-10-22-16/h2-6,8-11H,7H2,1H3,(H,20,21). The van der Waals surface area contributed by atoms with E-state index < -0.39 is 0 Å². The lowest BCUT2D eigenvalue weighted by atomic mass is 10.1. The molecule has 0 aliphatic heterocycles. The summed E-state index contributed by atoms with van der Waals surface area (Å²) in [4.78, 5) is 16.4. The van der Waals surface area contributed by atoms with Gasteiger partial charge in [-0.15, -0.1) is 0 Å². The molecule has 4 nitrogen and oxygen atoms in total. The lowest BCUT2D eigenvalue weighted by Gasteiger charge is -2.14. The minimum atomic E-state index is -0.104. The lowest BCUT2D eigenvalue weighted by Crippen LogP contribution is -2.34. The van der Waals surface area contributed by atoms with E-state index in [0.29, 0.717) is 16.7 Å². The third kappa shape index (κ3) is 3.36. The monoisotopic (exact) mass is 358 g/mol. The summed E-state index contributed by atoms with van der Waals surface area (Å²) < 4.78 is 6.22. The van der Waals surface area contributed by atoms with E-state index in [1.54, 1.807) is 18.2 Å². The Balaban J connectivity index is 1.67. The van der Waals surface area contributed by atoms with E-state index in [1.807, 2.05) is 19.1 Å². The number of hydrogen-bond donors (Lipinski definition) is 1. The first kappa shape index (κ1) is 14.8. The summed E-state index contributed by atoms with van der Waals surface area (Å²) in [7, 11) is 0. The second-order valence-corrected chi connectivity index (χ2v) is 6.16. The third-order valence-electron chi connectivity index (χ3n) is 3.40. The van der Waals surface area contributed by atoms with Crippen LogP contribution in [0.1, 0.15) is 22.8 Å². The van der Waals surface area contributed by atoms with E-state index in [2.05, 4.69) is 38.4 Å². The highest BCUT2D eigenvalue weighted by Crippen LogP contribution is 2.15. The molecule has 1 aromatic heterocycles. The van der Waals surface area contributed by atoms with Crippen molar-refractivity contribution in [2.75, 3.05) is 0 Å². The molecule has 112 valence electrons. The molecular weight excluding hydrogens is 344 g/mol. The molecule has 1 amide bonds. The van der Waals surface area contributed by atoms with Gasteiger partial charge in [-0.25, -0.2) is 4.98 Å². The molecule has 3 aromatic rings. The van der Waals surface area contributed by atoms with Gasteiger partial charge in [0.05, 0.1) is 0 Å². The number of benzene rings is 2. The van der Waals surface area contributed by atoms with Crippen molar-refractivity contribution in [1.29, 1.82) is 0 Å². The largest absolute Gasteiger partial charge is 0.443 e. The molecule has 22 heavy (non-hydrogen) atoms. The molecule has 1 heterocycles. The molecule has 1 atom stereocenters. The van der Waals surface area contributed by atoms with Crippen LogP contribution in [0.25, 0.3) is 11.1 Å². The van der Waals surface area contributed by atoms with E-state index in [9.17, 15) is 4.79 Å². The van der Waals surface area contributed by atoms with E-state index >= 15 is 0 Å². The number of oxazole rings is 1. The fourth-order valence-electron chi connectivity index (χ4n) is 2.37. The number of carbonyl (C=O) groups is 1. The minimum Gasteiger partial charge on any atom is -0.443 e. The number of nitrogens with one attached hydrogen (secondary N) is 1. The fourth-order valence-corrected chi connectivity index (χ4v) is 2.82. The van der Waals surface area contributed by atoms with Crippen LogP contribution in [0.2, 0.25) is 0 Å². The quantitative estimate of drug-likeness (QED) is 0.767. The van der Waals surface area contributed by atoms with Crippen LogP contribution in [0.4, 0.5) is 0 Å². The van der Waals surface area contributed by atoms with Crippen LogP contribution in [0.5, 0.6) is 0 Å². The first-order valence-corrected chi connectivity index (χ1v) is 7.79.